The van der Waals surface area contributed by atoms with Gasteiger partial charge in [-0.2, -0.15) is 0 Å². The summed E-state index contributed by atoms with van der Waals surface area (Å²) in [5.41, 5.74) is 4.21. The molecule has 1 unspecified atom stereocenters. The van der Waals surface area contributed by atoms with Crippen LogP contribution in [0.3, 0.4) is 0 Å². The molecule has 0 spiro atoms. The molecule has 4 aromatic rings. The third-order valence-electron chi connectivity index (χ3n) is 6.21. The maximum atomic E-state index is 14.2. The van der Waals surface area contributed by atoms with E-state index in [1.54, 1.807) is 25.4 Å². The van der Waals surface area contributed by atoms with Gasteiger partial charge >= 0.3 is 5.97 Å². The summed E-state index contributed by atoms with van der Waals surface area (Å²) in [4.78, 5) is 36.0. The van der Waals surface area contributed by atoms with E-state index < -0.39 is 11.8 Å². The molecular weight excluding hydrogens is 445 g/mol. The number of hydrogen-bond donors (Lipinski definition) is 1. The Balaban J connectivity index is 1.69. The molecule has 1 heterocycles. The number of aryl methyl sites for hydroxylation is 2. The minimum atomic E-state index is -1.31. The average Bonchev–Trinajstić information content (AvgIpc) is 2.84. The lowest BCUT2D eigenvalue weighted by molar-refractivity contribution is 0.0691. The van der Waals surface area contributed by atoms with E-state index in [1.807, 2.05) is 55.5 Å². The van der Waals surface area contributed by atoms with E-state index in [-0.39, 0.29) is 29.2 Å². The number of rotatable bonds is 7. The maximum Gasteiger partial charge on any atom is 0.338 e. The summed E-state index contributed by atoms with van der Waals surface area (Å²) < 4.78 is 15.6. The Morgan fingerprint density at radius 2 is 1.63 bits per heavy atom. The van der Waals surface area contributed by atoms with Gasteiger partial charge in [-0.25, -0.2) is 9.18 Å². The maximum absolute atomic E-state index is 14.2. The zero-order valence-electron chi connectivity index (χ0n) is 19.4. The number of aromatic nitrogens is 1. The van der Waals surface area contributed by atoms with Crippen molar-refractivity contribution in [3.05, 3.63) is 129 Å². The van der Waals surface area contributed by atoms with Crippen molar-refractivity contribution < 1.29 is 19.1 Å². The van der Waals surface area contributed by atoms with E-state index in [0.717, 1.165) is 22.3 Å². The number of Topliss-reactive ketones (excluding diaryl/α,β-unsaturated/α-hetero) is 1. The van der Waals surface area contributed by atoms with Gasteiger partial charge < -0.3 is 9.67 Å². The third kappa shape index (κ3) is 5.11. The second-order valence-corrected chi connectivity index (χ2v) is 8.53. The van der Waals surface area contributed by atoms with Crippen LogP contribution in [0, 0.1) is 12.7 Å². The standard InChI is InChI=1S/C29H24FNO4/c1-18-5-3-4-6-23(18)25(16-27(32)22-12-14-28(33)31(2)17-22)20-9-7-19(8-10-20)21-11-13-24(29(34)35)26(30)15-21/h3-15,17,25H,16H2,1-2H3,(H,34,35). The summed E-state index contributed by atoms with van der Waals surface area (Å²) in [5.74, 6) is -2.40. The molecule has 1 N–H and O–H groups in total. The molecule has 0 saturated heterocycles. The summed E-state index contributed by atoms with van der Waals surface area (Å²) in [5, 5.41) is 9.05. The molecule has 0 amide bonds. The molecular formula is C29H24FNO4. The van der Waals surface area contributed by atoms with Crippen LogP contribution in [0.15, 0.2) is 89.9 Å². The molecule has 0 aliphatic carbocycles. The van der Waals surface area contributed by atoms with E-state index in [9.17, 15) is 18.8 Å². The SMILES string of the molecule is Cc1ccccc1C(CC(=O)c1ccc(=O)n(C)c1)c1ccc(-c2ccc(C(=O)O)c(F)c2)cc1. The number of aromatic carboxylic acids is 1. The number of carboxylic acids is 1. The Labute approximate surface area is 202 Å². The van der Waals surface area contributed by atoms with Crippen molar-refractivity contribution in [3.63, 3.8) is 0 Å². The van der Waals surface area contributed by atoms with E-state index in [4.69, 9.17) is 5.11 Å². The number of carbonyl (C=O) groups is 2. The molecule has 176 valence electrons. The fraction of sp³-hybridized carbons (Fsp3) is 0.138. The topological polar surface area (TPSA) is 76.4 Å². The first kappa shape index (κ1) is 23.8. The summed E-state index contributed by atoms with van der Waals surface area (Å²) in [6.07, 6.45) is 1.77. The number of hydrogen-bond acceptors (Lipinski definition) is 3. The number of carboxylic acid groups (broad SMARTS) is 1. The minimum absolute atomic E-state index is 0.0794. The van der Waals surface area contributed by atoms with Crippen LogP contribution in [0.1, 0.15) is 49.7 Å². The van der Waals surface area contributed by atoms with Crippen LogP contribution >= 0.6 is 0 Å². The van der Waals surface area contributed by atoms with E-state index in [2.05, 4.69) is 0 Å². The number of halogens is 1. The molecule has 0 radical (unpaired) electrons. The second-order valence-electron chi connectivity index (χ2n) is 8.53. The number of pyridine rings is 1. The van der Waals surface area contributed by atoms with Gasteiger partial charge in [0.15, 0.2) is 5.78 Å². The Bertz CT molecular complexity index is 1470. The number of nitrogens with zero attached hydrogens (tertiary/aromatic N) is 1. The molecule has 0 aliphatic heterocycles. The Morgan fingerprint density at radius 3 is 2.26 bits per heavy atom. The van der Waals surface area contributed by atoms with Crippen molar-refractivity contribution in [2.45, 2.75) is 19.3 Å². The van der Waals surface area contributed by atoms with Gasteiger partial charge in [0.25, 0.3) is 0 Å². The van der Waals surface area contributed by atoms with Gasteiger partial charge in [-0.3, -0.25) is 9.59 Å². The molecule has 5 nitrogen and oxygen atoms in total. The van der Waals surface area contributed by atoms with E-state index in [1.165, 1.54) is 22.8 Å². The molecule has 35 heavy (non-hydrogen) atoms. The molecule has 0 fully saturated rings. The number of ketones is 1. The summed E-state index contributed by atoms with van der Waals surface area (Å²) in [6.45, 7) is 2.00. The van der Waals surface area contributed by atoms with E-state index in [0.29, 0.717) is 11.1 Å². The van der Waals surface area contributed by atoms with Crippen LogP contribution in [0.4, 0.5) is 4.39 Å². The normalized spacial score (nSPS) is 11.7. The van der Waals surface area contributed by atoms with Crippen LogP contribution < -0.4 is 5.56 Å². The molecule has 1 aromatic heterocycles. The molecule has 0 saturated carbocycles. The van der Waals surface area contributed by atoms with Crippen molar-refractivity contribution in [1.82, 2.24) is 4.57 Å². The fourth-order valence-electron chi connectivity index (χ4n) is 4.22. The molecule has 0 aliphatic rings. The van der Waals surface area contributed by atoms with Gasteiger partial charge in [-0.1, -0.05) is 54.6 Å². The monoisotopic (exact) mass is 469 g/mol. The van der Waals surface area contributed by atoms with E-state index >= 15 is 0 Å². The first-order valence-electron chi connectivity index (χ1n) is 11.1. The highest BCUT2D eigenvalue weighted by Crippen LogP contribution is 2.33. The van der Waals surface area contributed by atoms with Crippen LogP contribution in [-0.2, 0) is 7.05 Å². The van der Waals surface area contributed by atoms with Crippen molar-refractivity contribution >= 4 is 11.8 Å². The summed E-state index contributed by atoms with van der Waals surface area (Å²) in [6, 6.07) is 22.4. The van der Waals surface area contributed by atoms with Crippen molar-refractivity contribution in [3.8, 4) is 11.1 Å². The minimum Gasteiger partial charge on any atom is -0.478 e. The van der Waals surface area contributed by atoms with Gasteiger partial charge in [-0.05, 0) is 52.9 Å². The van der Waals surface area contributed by atoms with Crippen molar-refractivity contribution in [2.24, 2.45) is 7.05 Å². The van der Waals surface area contributed by atoms with Gasteiger partial charge in [-0.15, -0.1) is 0 Å². The van der Waals surface area contributed by atoms with Gasteiger partial charge in [0.05, 0.1) is 5.56 Å². The van der Waals surface area contributed by atoms with Gasteiger partial charge in [0, 0.05) is 37.2 Å². The lowest BCUT2D eigenvalue weighted by Gasteiger charge is -2.20. The number of benzene rings is 3. The van der Waals surface area contributed by atoms with Crippen molar-refractivity contribution in [2.75, 3.05) is 0 Å². The molecule has 1 atom stereocenters. The zero-order chi connectivity index (χ0) is 25.1. The molecule has 3 aromatic carbocycles. The smallest absolute Gasteiger partial charge is 0.338 e. The Kier molecular flexibility index (Phi) is 6.73. The lowest BCUT2D eigenvalue weighted by atomic mass is 9.83. The highest BCUT2D eigenvalue weighted by molar-refractivity contribution is 5.96. The van der Waals surface area contributed by atoms with Crippen molar-refractivity contribution in [1.29, 1.82) is 0 Å². The van der Waals surface area contributed by atoms with Crippen LogP contribution in [0.25, 0.3) is 11.1 Å². The predicted molar refractivity (Wildman–Crippen MR) is 132 cm³/mol. The summed E-state index contributed by atoms with van der Waals surface area (Å²) in [7, 11) is 1.61. The van der Waals surface area contributed by atoms with Crippen LogP contribution in [-0.4, -0.2) is 21.4 Å². The fourth-order valence-corrected chi connectivity index (χ4v) is 4.22. The second kappa shape index (κ2) is 9.89. The first-order valence-corrected chi connectivity index (χ1v) is 11.1. The van der Waals surface area contributed by atoms with Gasteiger partial charge in [0.1, 0.15) is 5.82 Å². The average molecular weight is 470 g/mol. The first-order chi connectivity index (χ1) is 16.7. The van der Waals surface area contributed by atoms with Gasteiger partial charge in [0.2, 0.25) is 5.56 Å². The quantitative estimate of drug-likeness (QED) is 0.357. The Hall–Kier alpha value is -4.32. The molecule has 0 bridgehead atoms. The van der Waals surface area contributed by atoms with Crippen LogP contribution in [0.5, 0.6) is 0 Å². The number of carbonyl (C=O) groups excluding carboxylic acids is 1. The van der Waals surface area contributed by atoms with Crippen LogP contribution in [0.2, 0.25) is 0 Å². The summed E-state index contributed by atoms with van der Waals surface area (Å²) >= 11 is 0. The molecule has 4 rings (SSSR count). The molecule has 6 heteroatoms. The zero-order valence-corrected chi connectivity index (χ0v) is 19.4. The third-order valence-corrected chi connectivity index (χ3v) is 6.21. The lowest BCUT2D eigenvalue weighted by Crippen LogP contribution is -2.17. The highest BCUT2D eigenvalue weighted by Gasteiger charge is 2.21. The highest BCUT2D eigenvalue weighted by atomic mass is 19.1. The predicted octanol–water partition coefficient (Wildman–Crippen LogP) is 5.60. The largest absolute Gasteiger partial charge is 0.478 e. The Morgan fingerprint density at radius 1 is 0.943 bits per heavy atom.